The molecule has 0 saturated carbocycles. The largest absolute Gasteiger partial charge is 0.481 e. The van der Waals surface area contributed by atoms with Gasteiger partial charge in [0.25, 0.3) is 0 Å². The van der Waals surface area contributed by atoms with E-state index in [4.69, 9.17) is 35.7 Å². The zero-order valence-corrected chi connectivity index (χ0v) is 9.71. The molecule has 112 valence electrons. The number of hydrogen-bond acceptors (Lipinski definition) is 8. The van der Waals surface area contributed by atoms with E-state index in [0.29, 0.717) is 0 Å². The van der Waals surface area contributed by atoms with Gasteiger partial charge in [0, 0.05) is 0 Å². The summed E-state index contributed by atoms with van der Waals surface area (Å²) in [5, 5.41) is 58.5. The second-order valence-electron chi connectivity index (χ2n) is 3.27. The molecule has 10 heteroatoms. The Kier molecular flexibility index (Phi) is 10.7. The minimum atomic E-state index is -1.86. The van der Waals surface area contributed by atoms with Crippen molar-refractivity contribution in [2.45, 2.75) is 24.7 Å². The van der Waals surface area contributed by atoms with Crippen molar-refractivity contribution in [2.75, 3.05) is 13.2 Å². The van der Waals surface area contributed by atoms with E-state index >= 15 is 0 Å². The summed E-state index contributed by atoms with van der Waals surface area (Å²) in [7, 11) is 0. The van der Waals surface area contributed by atoms with Crippen molar-refractivity contribution in [1.82, 2.24) is 0 Å². The fourth-order valence-electron chi connectivity index (χ4n) is 0.732. The third-order valence-electron chi connectivity index (χ3n) is 1.69. The van der Waals surface area contributed by atoms with E-state index < -0.39 is 55.7 Å². The number of carbonyl (C=O) groups excluding carboxylic acids is 1. The van der Waals surface area contributed by atoms with Crippen molar-refractivity contribution in [3.63, 3.8) is 0 Å². The van der Waals surface area contributed by atoms with Crippen LogP contribution in [-0.2, 0) is 14.4 Å². The number of hydrogen-bond donors (Lipinski definition) is 7. The molecule has 0 fully saturated rings. The van der Waals surface area contributed by atoms with Crippen molar-refractivity contribution in [3.05, 3.63) is 0 Å². The Morgan fingerprint density at radius 3 is 1.53 bits per heavy atom. The molecular weight excluding hydrogens is 268 g/mol. The van der Waals surface area contributed by atoms with E-state index in [9.17, 15) is 14.4 Å². The Balaban J connectivity index is 0. The minimum Gasteiger partial charge on any atom is -0.481 e. The third kappa shape index (κ3) is 10.1. The van der Waals surface area contributed by atoms with Crippen LogP contribution in [-0.4, -0.2) is 85.0 Å². The number of ketones is 1. The van der Waals surface area contributed by atoms with Gasteiger partial charge in [0.1, 0.15) is 31.3 Å². The van der Waals surface area contributed by atoms with Gasteiger partial charge in [-0.2, -0.15) is 0 Å². The average Bonchev–Trinajstić information content (AvgIpc) is 2.34. The molecule has 0 rings (SSSR count). The summed E-state index contributed by atoms with van der Waals surface area (Å²) >= 11 is 0. The normalized spacial score (nSPS) is 14.6. The fraction of sp³-hybridized carbons (Fsp3) is 0.667. The van der Waals surface area contributed by atoms with Crippen molar-refractivity contribution >= 4 is 17.7 Å². The van der Waals surface area contributed by atoms with Crippen LogP contribution in [0.1, 0.15) is 6.42 Å². The summed E-state index contributed by atoms with van der Waals surface area (Å²) in [6, 6.07) is 0. The van der Waals surface area contributed by atoms with Crippen LogP contribution < -0.4 is 0 Å². The molecule has 0 aliphatic rings. The quantitative estimate of drug-likeness (QED) is 0.228. The minimum absolute atomic E-state index is 0.767. The molecule has 0 saturated heterocycles. The highest BCUT2D eigenvalue weighted by molar-refractivity contribution is 5.88. The second-order valence-corrected chi connectivity index (χ2v) is 3.27. The predicted octanol–water partition coefficient (Wildman–Crippen LogP) is -3.83. The van der Waals surface area contributed by atoms with Gasteiger partial charge in [-0.1, -0.05) is 0 Å². The zero-order chi connectivity index (χ0) is 15.6. The van der Waals surface area contributed by atoms with Gasteiger partial charge in [-0.15, -0.1) is 0 Å². The Morgan fingerprint density at radius 2 is 1.32 bits per heavy atom. The van der Waals surface area contributed by atoms with E-state index in [2.05, 4.69) is 0 Å². The summed E-state index contributed by atoms with van der Waals surface area (Å²) in [5.74, 6) is -3.63. The molecule has 0 aromatic rings. The summed E-state index contributed by atoms with van der Waals surface area (Å²) in [6.45, 7) is -1.69. The van der Waals surface area contributed by atoms with Gasteiger partial charge in [-0.25, -0.2) is 0 Å². The molecule has 0 heterocycles. The van der Waals surface area contributed by atoms with Crippen molar-refractivity contribution < 1.29 is 50.1 Å². The van der Waals surface area contributed by atoms with Gasteiger partial charge in [-0.05, 0) is 0 Å². The smallest absolute Gasteiger partial charge is 0.314 e. The number of aliphatic hydroxyl groups is 5. The summed E-state index contributed by atoms with van der Waals surface area (Å²) in [5.41, 5.74) is 0. The second kappa shape index (κ2) is 10.3. The number of aliphatic hydroxyl groups excluding tert-OH is 5. The van der Waals surface area contributed by atoms with Crippen LogP contribution in [0, 0.1) is 0 Å². The number of carboxylic acids is 2. The lowest BCUT2D eigenvalue weighted by atomic mass is 10.1. The Bertz CT molecular complexity index is 289. The highest BCUT2D eigenvalue weighted by Crippen LogP contribution is 2.00. The number of aliphatic carboxylic acids is 2. The average molecular weight is 284 g/mol. The highest BCUT2D eigenvalue weighted by Gasteiger charge is 2.28. The Morgan fingerprint density at radius 1 is 0.895 bits per heavy atom. The number of Topliss-reactive ketones (excluding diaryl/α,β-unsaturated/α-hetero) is 1. The topological polar surface area (TPSA) is 193 Å². The maximum absolute atomic E-state index is 10.5. The van der Waals surface area contributed by atoms with Gasteiger partial charge in [0.05, 0.1) is 6.61 Å². The monoisotopic (exact) mass is 284 g/mol. The molecule has 7 N–H and O–H groups in total. The highest BCUT2D eigenvalue weighted by atomic mass is 16.4. The van der Waals surface area contributed by atoms with E-state index in [1.807, 2.05) is 0 Å². The first kappa shape index (κ1) is 19.7. The molecule has 0 spiro atoms. The first-order valence-electron chi connectivity index (χ1n) is 4.89. The summed E-state index contributed by atoms with van der Waals surface area (Å²) in [6.07, 6.45) is -6.03. The Labute approximate surface area is 107 Å². The van der Waals surface area contributed by atoms with Gasteiger partial charge >= 0.3 is 11.9 Å². The maximum atomic E-state index is 10.5. The lowest BCUT2D eigenvalue weighted by Gasteiger charge is -2.19. The molecule has 0 aromatic heterocycles. The van der Waals surface area contributed by atoms with Crippen molar-refractivity contribution in [1.29, 1.82) is 0 Å². The molecule has 0 radical (unpaired) electrons. The lowest BCUT2D eigenvalue weighted by Crippen LogP contribution is -2.44. The van der Waals surface area contributed by atoms with Crippen LogP contribution in [0.25, 0.3) is 0 Å². The van der Waals surface area contributed by atoms with Crippen LogP contribution in [0.4, 0.5) is 0 Å². The van der Waals surface area contributed by atoms with Gasteiger partial charge < -0.3 is 35.7 Å². The molecule has 3 unspecified atom stereocenters. The maximum Gasteiger partial charge on any atom is 0.314 e. The van der Waals surface area contributed by atoms with Crippen LogP contribution in [0.15, 0.2) is 0 Å². The molecule has 0 aromatic carbocycles. The van der Waals surface area contributed by atoms with E-state index in [1.165, 1.54) is 0 Å². The molecule has 3 atom stereocenters. The lowest BCUT2D eigenvalue weighted by molar-refractivity contribution is -0.147. The summed E-state index contributed by atoms with van der Waals surface area (Å²) in [4.78, 5) is 29.4. The van der Waals surface area contributed by atoms with Gasteiger partial charge in [-0.3, -0.25) is 14.4 Å². The SMILES string of the molecule is O=C(CO)C(O)C(O)C(O)CO.O=C(O)CC(=O)O. The van der Waals surface area contributed by atoms with Gasteiger partial charge in [0.2, 0.25) is 0 Å². The first-order valence-corrected chi connectivity index (χ1v) is 4.89. The predicted molar refractivity (Wildman–Crippen MR) is 57.1 cm³/mol. The van der Waals surface area contributed by atoms with Gasteiger partial charge in [0.15, 0.2) is 5.78 Å². The molecule has 19 heavy (non-hydrogen) atoms. The number of carbonyl (C=O) groups is 3. The number of carboxylic acid groups (broad SMARTS) is 2. The Hall–Kier alpha value is -1.59. The molecule has 0 aliphatic carbocycles. The van der Waals surface area contributed by atoms with Crippen LogP contribution in [0.3, 0.4) is 0 Å². The molecule has 0 bridgehead atoms. The fourth-order valence-corrected chi connectivity index (χ4v) is 0.732. The van der Waals surface area contributed by atoms with Crippen molar-refractivity contribution in [2.24, 2.45) is 0 Å². The van der Waals surface area contributed by atoms with Crippen molar-refractivity contribution in [3.8, 4) is 0 Å². The molecular formula is C9H16O10. The van der Waals surface area contributed by atoms with E-state index in [0.717, 1.165) is 0 Å². The zero-order valence-electron chi connectivity index (χ0n) is 9.71. The number of rotatable bonds is 7. The van der Waals surface area contributed by atoms with Crippen LogP contribution in [0.5, 0.6) is 0 Å². The van der Waals surface area contributed by atoms with Crippen LogP contribution in [0.2, 0.25) is 0 Å². The molecule has 10 nitrogen and oxygen atoms in total. The standard InChI is InChI=1S/C6H12O6.C3H4O4/c7-1-3(9)5(11)6(12)4(10)2-8;4-2(5)1-3(6)7/h3,5-9,11-12H,1-2H2;1H2,(H,4,5)(H,6,7). The van der Waals surface area contributed by atoms with E-state index in [-0.39, 0.29) is 0 Å². The van der Waals surface area contributed by atoms with E-state index in [1.54, 1.807) is 0 Å². The molecule has 0 amide bonds. The molecule has 0 aliphatic heterocycles. The van der Waals surface area contributed by atoms with Crippen LogP contribution >= 0.6 is 0 Å². The summed E-state index contributed by atoms with van der Waals surface area (Å²) < 4.78 is 0. The first-order chi connectivity index (χ1) is 8.67. The third-order valence-corrected chi connectivity index (χ3v) is 1.69.